The van der Waals surface area contributed by atoms with Crippen LogP contribution < -0.4 is 0 Å². The molecule has 0 aliphatic heterocycles. The SMILES string of the molecule is CCCCC/C=C\C/C=C\C/C=C\C/C=C\CCCC(=O)OC[C@@H](COCCCCCCCCCCCCCCCCCC)OC(=O)CCCCCCCCC/C=C\CCCCCCCC. The zero-order valence-electron chi connectivity index (χ0n) is 44.2. The number of hydrogen-bond donors (Lipinski definition) is 0. The molecule has 0 aromatic carbocycles. The molecule has 0 aromatic heterocycles. The van der Waals surface area contributed by atoms with Gasteiger partial charge in [0.1, 0.15) is 6.61 Å². The van der Waals surface area contributed by atoms with Gasteiger partial charge in [0.2, 0.25) is 0 Å². The second-order valence-corrected chi connectivity index (χ2v) is 19.2. The standard InChI is InChI=1S/C61H110O5/c1-4-7-10-13-16-19-22-25-28-31-33-36-39-42-45-48-51-54-60(62)65-58-59(57-64-56-53-50-47-44-41-38-35-30-27-24-21-18-15-12-9-6-3)66-61(63)55-52-49-46-43-40-37-34-32-29-26-23-20-17-14-11-8-5-2/h16,19,25-26,28-29,33,36,42,45,59H,4-15,17-18,20-24,27,30-32,34-35,37-41,43-44,46-58H2,1-3H3/b19-16-,28-25-,29-26-,36-33-,45-42-/t59-/m1/s1. The van der Waals surface area contributed by atoms with E-state index in [1.54, 1.807) is 0 Å². The Balaban J connectivity index is 4.34. The summed E-state index contributed by atoms with van der Waals surface area (Å²) in [6, 6.07) is 0. The van der Waals surface area contributed by atoms with Crippen LogP contribution in [0.2, 0.25) is 0 Å². The van der Waals surface area contributed by atoms with E-state index in [1.165, 1.54) is 193 Å². The fourth-order valence-corrected chi connectivity index (χ4v) is 8.20. The Hall–Kier alpha value is -2.40. The first kappa shape index (κ1) is 63.6. The van der Waals surface area contributed by atoms with Crippen LogP contribution in [0.5, 0.6) is 0 Å². The minimum Gasteiger partial charge on any atom is -0.462 e. The maximum absolute atomic E-state index is 12.9. The number of hydrogen-bond acceptors (Lipinski definition) is 5. The number of unbranched alkanes of at least 4 members (excludes halogenated alkanes) is 32. The Morgan fingerprint density at radius 2 is 0.652 bits per heavy atom. The molecule has 5 nitrogen and oxygen atoms in total. The van der Waals surface area contributed by atoms with Crippen LogP contribution in [0, 0.1) is 0 Å². The molecule has 0 amide bonds. The zero-order valence-corrected chi connectivity index (χ0v) is 44.2. The molecule has 0 aromatic rings. The van der Waals surface area contributed by atoms with Gasteiger partial charge >= 0.3 is 11.9 Å². The molecule has 0 N–H and O–H groups in total. The molecule has 5 heteroatoms. The molecule has 0 saturated heterocycles. The fourth-order valence-electron chi connectivity index (χ4n) is 8.20. The van der Waals surface area contributed by atoms with Gasteiger partial charge in [0, 0.05) is 19.4 Å². The van der Waals surface area contributed by atoms with Crippen LogP contribution in [0.3, 0.4) is 0 Å². The molecule has 384 valence electrons. The van der Waals surface area contributed by atoms with Crippen LogP contribution in [-0.4, -0.2) is 37.9 Å². The van der Waals surface area contributed by atoms with Gasteiger partial charge < -0.3 is 14.2 Å². The van der Waals surface area contributed by atoms with Crippen LogP contribution in [0.4, 0.5) is 0 Å². The van der Waals surface area contributed by atoms with Crippen LogP contribution >= 0.6 is 0 Å². The number of allylic oxidation sites excluding steroid dienone is 10. The summed E-state index contributed by atoms with van der Waals surface area (Å²) in [5.41, 5.74) is 0. The normalized spacial score (nSPS) is 12.6. The van der Waals surface area contributed by atoms with Gasteiger partial charge in [-0.2, -0.15) is 0 Å². The van der Waals surface area contributed by atoms with E-state index in [1.807, 2.05) is 0 Å². The molecule has 0 aliphatic rings. The van der Waals surface area contributed by atoms with Gasteiger partial charge in [-0.25, -0.2) is 0 Å². The molecular formula is C61H110O5. The van der Waals surface area contributed by atoms with Crippen molar-refractivity contribution in [3.63, 3.8) is 0 Å². The first-order chi connectivity index (χ1) is 32.6. The van der Waals surface area contributed by atoms with E-state index in [2.05, 4.69) is 81.5 Å². The van der Waals surface area contributed by atoms with Crippen LogP contribution in [0.1, 0.15) is 290 Å². The summed E-state index contributed by atoms with van der Waals surface area (Å²) >= 11 is 0. The summed E-state index contributed by atoms with van der Waals surface area (Å²) in [6.07, 6.45) is 72.4. The van der Waals surface area contributed by atoms with Crippen LogP contribution in [-0.2, 0) is 23.8 Å². The summed E-state index contributed by atoms with van der Waals surface area (Å²) in [4.78, 5) is 25.5. The Morgan fingerprint density at radius 3 is 1.11 bits per heavy atom. The summed E-state index contributed by atoms with van der Waals surface area (Å²) in [5.74, 6) is -0.454. The smallest absolute Gasteiger partial charge is 0.306 e. The van der Waals surface area contributed by atoms with Gasteiger partial charge in [0.05, 0.1) is 6.61 Å². The first-order valence-electron chi connectivity index (χ1n) is 28.8. The maximum atomic E-state index is 12.9. The van der Waals surface area contributed by atoms with Crippen molar-refractivity contribution in [1.82, 2.24) is 0 Å². The lowest BCUT2D eigenvalue weighted by atomic mass is 10.0. The van der Waals surface area contributed by atoms with E-state index in [4.69, 9.17) is 14.2 Å². The van der Waals surface area contributed by atoms with E-state index >= 15 is 0 Å². The van der Waals surface area contributed by atoms with Crippen molar-refractivity contribution < 1.29 is 23.8 Å². The van der Waals surface area contributed by atoms with E-state index in [0.29, 0.717) is 19.4 Å². The van der Waals surface area contributed by atoms with Crippen molar-refractivity contribution in [2.45, 2.75) is 297 Å². The second kappa shape index (κ2) is 56.9. The first-order valence-corrected chi connectivity index (χ1v) is 28.8. The number of ether oxygens (including phenoxy) is 3. The molecule has 0 bridgehead atoms. The Morgan fingerprint density at radius 1 is 0.333 bits per heavy atom. The van der Waals surface area contributed by atoms with E-state index in [9.17, 15) is 9.59 Å². The van der Waals surface area contributed by atoms with Gasteiger partial charge in [-0.1, -0.05) is 255 Å². The zero-order chi connectivity index (χ0) is 47.7. The molecule has 0 radical (unpaired) electrons. The minimum atomic E-state index is -0.559. The lowest BCUT2D eigenvalue weighted by molar-refractivity contribution is -0.163. The largest absolute Gasteiger partial charge is 0.462 e. The summed E-state index contributed by atoms with van der Waals surface area (Å²) in [5, 5.41) is 0. The molecule has 0 spiro atoms. The summed E-state index contributed by atoms with van der Waals surface area (Å²) < 4.78 is 17.4. The highest BCUT2D eigenvalue weighted by Gasteiger charge is 2.17. The number of esters is 2. The Labute approximate surface area is 411 Å². The van der Waals surface area contributed by atoms with Crippen molar-refractivity contribution in [1.29, 1.82) is 0 Å². The monoisotopic (exact) mass is 923 g/mol. The van der Waals surface area contributed by atoms with E-state index in [-0.39, 0.29) is 25.2 Å². The average molecular weight is 924 g/mol. The average Bonchev–Trinajstić information content (AvgIpc) is 3.32. The molecule has 1 atom stereocenters. The molecule has 0 aliphatic carbocycles. The third kappa shape index (κ3) is 54.2. The van der Waals surface area contributed by atoms with Crippen molar-refractivity contribution in [2.24, 2.45) is 0 Å². The molecule has 66 heavy (non-hydrogen) atoms. The lowest BCUT2D eigenvalue weighted by Crippen LogP contribution is -2.30. The maximum Gasteiger partial charge on any atom is 0.306 e. The van der Waals surface area contributed by atoms with Crippen molar-refractivity contribution in [3.05, 3.63) is 60.8 Å². The van der Waals surface area contributed by atoms with Crippen molar-refractivity contribution >= 4 is 11.9 Å². The molecule has 0 heterocycles. The number of rotatable bonds is 53. The van der Waals surface area contributed by atoms with Gasteiger partial charge in [0.15, 0.2) is 6.10 Å². The number of carbonyl (C=O) groups excluding carboxylic acids is 2. The molecule has 0 saturated carbocycles. The van der Waals surface area contributed by atoms with Gasteiger partial charge in [-0.05, 0) is 83.5 Å². The predicted molar refractivity (Wildman–Crippen MR) is 288 cm³/mol. The summed E-state index contributed by atoms with van der Waals surface area (Å²) in [7, 11) is 0. The summed E-state index contributed by atoms with van der Waals surface area (Å²) in [6.45, 7) is 7.78. The van der Waals surface area contributed by atoms with Crippen LogP contribution in [0.25, 0.3) is 0 Å². The van der Waals surface area contributed by atoms with Gasteiger partial charge in [0.25, 0.3) is 0 Å². The highest BCUT2D eigenvalue weighted by Crippen LogP contribution is 2.15. The lowest BCUT2D eigenvalue weighted by Gasteiger charge is -2.18. The third-order valence-corrected chi connectivity index (χ3v) is 12.5. The molecule has 0 unspecified atom stereocenters. The highest BCUT2D eigenvalue weighted by molar-refractivity contribution is 5.70. The molecular weight excluding hydrogens is 813 g/mol. The molecule has 0 rings (SSSR count). The van der Waals surface area contributed by atoms with Crippen molar-refractivity contribution in [2.75, 3.05) is 19.8 Å². The number of carbonyl (C=O) groups is 2. The quantitative estimate of drug-likeness (QED) is 0.0346. The van der Waals surface area contributed by atoms with Gasteiger partial charge in [-0.3, -0.25) is 9.59 Å². The van der Waals surface area contributed by atoms with E-state index in [0.717, 1.165) is 64.2 Å². The van der Waals surface area contributed by atoms with Crippen molar-refractivity contribution in [3.8, 4) is 0 Å². The van der Waals surface area contributed by atoms with E-state index < -0.39 is 6.10 Å². The Kier molecular flexibility index (Phi) is 54.9. The minimum absolute atomic E-state index is 0.0576. The predicted octanol–water partition coefficient (Wildman–Crippen LogP) is 19.7. The molecule has 0 fully saturated rings. The topological polar surface area (TPSA) is 61.8 Å². The Bertz CT molecular complexity index is 1130. The second-order valence-electron chi connectivity index (χ2n) is 19.2. The third-order valence-electron chi connectivity index (χ3n) is 12.5. The van der Waals surface area contributed by atoms with Crippen LogP contribution in [0.15, 0.2) is 60.8 Å². The van der Waals surface area contributed by atoms with Gasteiger partial charge in [-0.15, -0.1) is 0 Å². The highest BCUT2D eigenvalue weighted by atomic mass is 16.6. The fraction of sp³-hybridized carbons (Fsp3) is 0.803.